The van der Waals surface area contributed by atoms with Gasteiger partial charge in [-0.05, 0) is 76.5 Å². The minimum Gasteiger partial charge on any atom is -0.310 e. The Morgan fingerprint density at radius 1 is 0.405 bits per heavy atom. The topological polar surface area (TPSA) is 8.17 Å². The molecule has 0 unspecified atom stereocenters. The molecule has 0 aliphatic heterocycles. The molecule has 0 saturated carbocycles. The van der Waals surface area contributed by atoms with E-state index in [2.05, 4.69) is 179 Å². The molecule has 0 aliphatic carbocycles. The lowest BCUT2D eigenvalue weighted by Crippen LogP contribution is -2.10. The number of para-hydroxylation sites is 2. The second-order valence-corrected chi connectivity index (χ2v) is 10.6. The Bertz CT molecular complexity index is 2180. The molecule has 0 atom stereocenters. The highest BCUT2D eigenvalue weighted by molar-refractivity contribution is 6.21. The van der Waals surface area contributed by atoms with Crippen LogP contribution in [0.2, 0.25) is 0 Å². The molecule has 8 rings (SSSR count). The van der Waals surface area contributed by atoms with Gasteiger partial charge < -0.3 is 9.47 Å². The number of hydrogen-bond acceptors (Lipinski definition) is 1. The molecule has 1 heterocycles. The van der Waals surface area contributed by atoms with Crippen LogP contribution in [0.15, 0.2) is 170 Å². The standard InChI is InChI=1S/C40H28N2/c1-4-15-30(16-5-1)35-22-12-23-36-39(35)40-37(24-13-25-38(40)42(36)33-20-8-3-9-21-33)41(32-18-6-2-7-19-32)34-27-26-29-14-10-11-17-31(29)28-34/h1-28H. The first-order chi connectivity index (χ1) is 20.9. The zero-order chi connectivity index (χ0) is 27.9. The summed E-state index contributed by atoms with van der Waals surface area (Å²) < 4.78 is 2.41. The molecule has 0 fully saturated rings. The number of rotatable bonds is 5. The Hall–Kier alpha value is -5.60. The molecule has 0 spiro atoms. The predicted octanol–water partition coefficient (Wildman–Crippen LogP) is 11.1. The molecule has 7 aromatic carbocycles. The van der Waals surface area contributed by atoms with E-state index in [9.17, 15) is 0 Å². The van der Waals surface area contributed by atoms with Crippen LogP contribution in [0.3, 0.4) is 0 Å². The number of nitrogens with zero attached hydrogens (tertiary/aromatic N) is 2. The van der Waals surface area contributed by atoms with E-state index in [4.69, 9.17) is 0 Å². The van der Waals surface area contributed by atoms with E-state index >= 15 is 0 Å². The summed E-state index contributed by atoms with van der Waals surface area (Å²) in [4.78, 5) is 2.41. The van der Waals surface area contributed by atoms with Crippen molar-refractivity contribution in [2.75, 3.05) is 4.90 Å². The van der Waals surface area contributed by atoms with Gasteiger partial charge in [-0.3, -0.25) is 0 Å². The summed E-state index contributed by atoms with van der Waals surface area (Å²) in [6.45, 7) is 0. The Morgan fingerprint density at radius 3 is 1.79 bits per heavy atom. The largest absolute Gasteiger partial charge is 0.310 e. The zero-order valence-corrected chi connectivity index (χ0v) is 23.1. The molecule has 0 saturated heterocycles. The summed E-state index contributed by atoms with van der Waals surface area (Å²) in [5.74, 6) is 0. The van der Waals surface area contributed by atoms with Crippen LogP contribution in [0.25, 0.3) is 49.4 Å². The van der Waals surface area contributed by atoms with Crippen molar-refractivity contribution in [3.05, 3.63) is 170 Å². The van der Waals surface area contributed by atoms with E-state index < -0.39 is 0 Å². The normalized spacial score (nSPS) is 11.3. The van der Waals surface area contributed by atoms with Gasteiger partial charge >= 0.3 is 0 Å². The van der Waals surface area contributed by atoms with Gasteiger partial charge in [0, 0.05) is 27.8 Å². The lowest BCUT2D eigenvalue weighted by atomic mass is 9.98. The fourth-order valence-electron chi connectivity index (χ4n) is 6.31. The van der Waals surface area contributed by atoms with E-state index in [1.807, 2.05) is 0 Å². The van der Waals surface area contributed by atoms with E-state index in [1.165, 1.54) is 43.7 Å². The number of benzene rings is 7. The van der Waals surface area contributed by atoms with Gasteiger partial charge in [0.25, 0.3) is 0 Å². The van der Waals surface area contributed by atoms with Gasteiger partial charge in [0.1, 0.15) is 0 Å². The van der Waals surface area contributed by atoms with Crippen LogP contribution in [0.4, 0.5) is 17.1 Å². The Labute approximate surface area is 245 Å². The van der Waals surface area contributed by atoms with Crippen molar-refractivity contribution in [3.8, 4) is 16.8 Å². The zero-order valence-electron chi connectivity index (χ0n) is 23.1. The van der Waals surface area contributed by atoms with Crippen molar-refractivity contribution < 1.29 is 0 Å². The van der Waals surface area contributed by atoms with Gasteiger partial charge in [0.05, 0.1) is 16.7 Å². The van der Waals surface area contributed by atoms with Crippen molar-refractivity contribution in [2.45, 2.75) is 0 Å². The third kappa shape index (κ3) is 3.96. The molecule has 0 aliphatic rings. The van der Waals surface area contributed by atoms with E-state index in [0.29, 0.717) is 0 Å². The van der Waals surface area contributed by atoms with E-state index in [1.54, 1.807) is 0 Å². The second kappa shape index (κ2) is 10.1. The smallest absolute Gasteiger partial charge is 0.0562 e. The van der Waals surface area contributed by atoms with Crippen LogP contribution in [0.1, 0.15) is 0 Å². The average Bonchev–Trinajstić information content (AvgIpc) is 3.41. The molecular formula is C40H28N2. The SMILES string of the molecule is c1ccc(-c2cccc3c2c2c(N(c4ccccc4)c4ccc5ccccc5c4)cccc2n3-c2ccccc2)cc1. The molecule has 0 N–H and O–H groups in total. The maximum Gasteiger partial charge on any atom is 0.0562 e. The number of hydrogen-bond donors (Lipinski definition) is 0. The van der Waals surface area contributed by atoms with Crippen LogP contribution in [-0.2, 0) is 0 Å². The molecule has 1 aromatic heterocycles. The van der Waals surface area contributed by atoms with Gasteiger partial charge in [0.15, 0.2) is 0 Å². The fourth-order valence-corrected chi connectivity index (χ4v) is 6.31. The minimum absolute atomic E-state index is 1.12. The van der Waals surface area contributed by atoms with Crippen LogP contribution < -0.4 is 4.90 Å². The van der Waals surface area contributed by atoms with E-state index in [0.717, 1.165) is 22.7 Å². The quantitative estimate of drug-likeness (QED) is 0.212. The average molecular weight is 537 g/mol. The summed E-state index contributed by atoms with van der Waals surface area (Å²) in [6.07, 6.45) is 0. The van der Waals surface area contributed by atoms with Crippen molar-refractivity contribution in [3.63, 3.8) is 0 Å². The number of anilines is 3. The van der Waals surface area contributed by atoms with Crippen LogP contribution >= 0.6 is 0 Å². The monoisotopic (exact) mass is 536 g/mol. The van der Waals surface area contributed by atoms with Crippen LogP contribution in [0.5, 0.6) is 0 Å². The first kappa shape index (κ1) is 24.2. The molecule has 2 heteroatoms. The van der Waals surface area contributed by atoms with Crippen molar-refractivity contribution in [2.24, 2.45) is 0 Å². The molecule has 0 amide bonds. The highest BCUT2D eigenvalue weighted by Gasteiger charge is 2.23. The minimum atomic E-state index is 1.12. The van der Waals surface area contributed by atoms with Gasteiger partial charge in [-0.15, -0.1) is 0 Å². The first-order valence-electron chi connectivity index (χ1n) is 14.4. The maximum atomic E-state index is 2.41. The lowest BCUT2D eigenvalue weighted by molar-refractivity contribution is 1.18. The van der Waals surface area contributed by atoms with Crippen molar-refractivity contribution >= 4 is 49.6 Å². The maximum absolute atomic E-state index is 2.41. The molecule has 2 nitrogen and oxygen atoms in total. The van der Waals surface area contributed by atoms with Gasteiger partial charge in [-0.2, -0.15) is 0 Å². The third-order valence-electron chi connectivity index (χ3n) is 8.14. The summed E-state index contributed by atoms with van der Waals surface area (Å²) in [6, 6.07) is 60.9. The molecule has 0 radical (unpaired) electrons. The Morgan fingerprint density at radius 2 is 1.02 bits per heavy atom. The highest BCUT2D eigenvalue weighted by atomic mass is 15.1. The molecule has 8 aromatic rings. The fraction of sp³-hybridized carbons (Fsp3) is 0. The van der Waals surface area contributed by atoms with Gasteiger partial charge in [-0.1, -0.05) is 115 Å². The molecule has 42 heavy (non-hydrogen) atoms. The lowest BCUT2D eigenvalue weighted by Gasteiger charge is -2.27. The molecular weight excluding hydrogens is 508 g/mol. The second-order valence-electron chi connectivity index (χ2n) is 10.6. The summed E-state index contributed by atoms with van der Waals surface area (Å²) in [5, 5.41) is 4.94. The summed E-state index contributed by atoms with van der Waals surface area (Å²) in [5.41, 5.74) is 9.36. The van der Waals surface area contributed by atoms with Gasteiger partial charge in [-0.25, -0.2) is 0 Å². The van der Waals surface area contributed by atoms with E-state index in [-0.39, 0.29) is 0 Å². The van der Waals surface area contributed by atoms with Crippen molar-refractivity contribution in [1.29, 1.82) is 0 Å². The van der Waals surface area contributed by atoms with Crippen LogP contribution in [0, 0.1) is 0 Å². The Kier molecular flexibility index (Phi) is 5.82. The molecule has 0 bridgehead atoms. The highest BCUT2D eigenvalue weighted by Crippen LogP contribution is 2.46. The van der Waals surface area contributed by atoms with Crippen LogP contribution in [-0.4, -0.2) is 4.57 Å². The Balaban J connectivity index is 1.51. The number of fused-ring (bicyclic) bond motifs is 4. The predicted molar refractivity (Wildman–Crippen MR) is 178 cm³/mol. The first-order valence-corrected chi connectivity index (χ1v) is 14.4. The van der Waals surface area contributed by atoms with Crippen molar-refractivity contribution in [1.82, 2.24) is 4.57 Å². The number of aromatic nitrogens is 1. The third-order valence-corrected chi connectivity index (χ3v) is 8.14. The summed E-state index contributed by atoms with van der Waals surface area (Å²) >= 11 is 0. The molecule has 198 valence electrons. The summed E-state index contributed by atoms with van der Waals surface area (Å²) in [7, 11) is 0. The van der Waals surface area contributed by atoms with Gasteiger partial charge in [0.2, 0.25) is 0 Å².